The van der Waals surface area contributed by atoms with Gasteiger partial charge in [-0.3, -0.25) is 4.79 Å². The zero-order chi connectivity index (χ0) is 19.6. The van der Waals surface area contributed by atoms with Gasteiger partial charge in [-0.25, -0.2) is 4.99 Å². The number of ether oxygens (including phenoxy) is 1. The molecular formula is C18H12ClF3N2O2S. The molecule has 9 heteroatoms. The number of carbonyl (C=O) groups excluding carboxylic acids is 1. The van der Waals surface area contributed by atoms with E-state index < -0.39 is 17.6 Å². The Bertz CT molecular complexity index is 941. The summed E-state index contributed by atoms with van der Waals surface area (Å²) in [6.07, 6.45) is -2.86. The van der Waals surface area contributed by atoms with Gasteiger partial charge in [-0.1, -0.05) is 23.7 Å². The van der Waals surface area contributed by atoms with Crippen LogP contribution in [-0.4, -0.2) is 18.2 Å². The third-order valence-corrected chi connectivity index (χ3v) is 4.79. The third kappa shape index (κ3) is 4.64. The molecule has 1 heterocycles. The van der Waals surface area contributed by atoms with Crippen LogP contribution in [0.2, 0.25) is 5.02 Å². The molecule has 0 unspecified atom stereocenters. The van der Waals surface area contributed by atoms with E-state index in [1.54, 1.807) is 37.5 Å². The van der Waals surface area contributed by atoms with Crippen molar-refractivity contribution in [1.82, 2.24) is 5.32 Å². The Morgan fingerprint density at radius 2 is 1.89 bits per heavy atom. The Morgan fingerprint density at radius 3 is 2.52 bits per heavy atom. The second-order valence-corrected chi connectivity index (χ2v) is 6.86. The van der Waals surface area contributed by atoms with Gasteiger partial charge in [-0.05, 0) is 53.7 Å². The average Bonchev–Trinajstić information content (AvgIpc) is 2.96. The van der Waals surface area contributed by atoms with Crippen LogP contribution in [0.25, 0.3) is 6.08 Å². The first-order valence-corrected chi connectivity index (χ1v) is 8.76. The van der Waals surface area contributed by atoms with Crippen LogP contribution in [-0.2, 0) is 11.0 Å². The topological polar surface area (TPSA) is 50.7 Å². The smallest absolute Gasteiger partial charge is 0.416 e. The van der Waals surface area contributed by atoms with E-state index in [-0.39, 0.29) is 15.9 Å². The Hall–Kier alpha value is -2.45. The second-order valence-electron chi connectivity index (χ2n) is 5.42. The molecule has 2 aromatic carbocycles. The molecule has 0 atom stereocenters. The molecule has 1 aliphatic heterocycles. The number of halogens is 4. The number of rotatable bonds is 3. The van der Waals surface area contributed by atoms with Gasteiger partial charge in [0.05, 0.1) is 28.3 Å². The largest absolute Gasteiger partial charge is 0.497 e. The lowest BCUT2D eigenvalue weighted by molar-refractivity contribution is -0.137. The van der Waals surface area contributed by atoms with Crippen molar-refractivity contribution < 1.29 is 22.7 Å². The molecule has 0 aliphatic carbocycles. The minimum Gasteiger partial charge on any atom is -0.497 e. The summed E-state index contributed by atoms with van der Waals surface area (Å²) in [6, 6.07) is 9.90. The molecule has 1 saturated heterocycles. The highest BCUT2D eigenvalue weighted by Gasteiger charge is 2.31. The van der Waals surface area contributed by atoms with Gasteiger partial charge in [0.1, 0.15) is 5.75 Å². The van der Waals surface area contributed by atoms with Gasteiger partial charge in [-0.15, -0.1) is 0 Å². The number of thioether (sulfide) groups is 1. The van der Waals surface area contributed by atoms with E-state index in [9.17, 15) is 18.0 Å². The van der Waals surface area contributed by atoms with Crippen molar-refractivity contribution in [2.45, 2.75) is 6.18 Å². The van der Waals surface area contributed by atoms with Gasteiger partial charge in [-0.2, -0.15) is 13.2 Å². The molecule has 0 aromatic heterocycles. The molecule has 1 N–H and O–H groups in total. The standard InChI is InChI=1S/C18H12ClF3N2O2S/c1-26-12-5-2-10(3-6-12)8-15-16(25)24-17(27-15)23-14-9-11(18(20,21)22)4-7-13(14)19/h2-9H,1H3,(H,23,24,25)/b15-8-. The molecule has 4 nitrogen and oxygen atoms in total. The van der Waals surface area contributed by atoms with Gasteiger partial charge in [0, 0.05) is 0 Å². The first-order chi connectivity index (χ1) is 12.8. The Balaban J connectivity index is 1.85. The number of carbonyl (C=O) groups is 1. The predicted octanol–water partition coefficient (Wildman–Crippen LogP) is 5.26. The van der Waals surface area contributed by atoms with Crippen LogP contribution in [0.15, 0.2) is 52.4 Å². The van der Waals surface area contributed by atoms with Crippen molar-refractivity contribution in [1.29, 1.82) is 0 Å². The van der Waals surface area contributed by atoms with Crippen LogP contribution in [0.4, 0.5) is 18.9 Å². The van der Waals surface area contributed by atoms with E-state index >= 15 is 0 Å². The number of alkyl halides is 3. The highest BCUT2D eigenvalue weighted by atomic mass is 35.5. The zero-order valence-corrected chi connectivity index (χ0v) is 15.4. The maximum Gasteiger partial charge on any atom is 0.416 e. The fourth-order valence-electron chi connectivity index (χ4n) is 2.22. The molecule has 1 aliphatic rings. The molecule has 0 bridgehead atoms. The third-order valence-electron chi connectivity index (χ3n) is 3.56. The van der Waals surface area contributed by atoms with Gasteiger partial charge < -0.3 is 10.1 Å². The summed E-state index contributed by atoms with van der Waals surface area (Å²) in [7, 11) is 1.55. The van der Waals surface area contributed by atoms with E-state index in [0.29, 0.717) is 10.7 Å². The van der Waals surface area contributed by atoms with Crippen LogP contribution in [0.1, 0.15) is 11.1 Å². The number of hydrogen-bond acceptors (Lipinski definition) is 4. The SMILES string of the molecule is COc1ccc(/C=C2\SC(=Nc3cc(C(F)(F)F)ccc3Cl)NC2=O)cc1. The number of aliphatic imine (C=N–C) groups is 1. The van der Waals surface area contributed by atoms with Gasteiger partial charge in [0.25, 0.3) is 5.91 Å². The fourth-order valence-corrected chi connectivity index (χ4v) is 3.21. The molecular weight excluding hydrogens is 401 g/mol. The summed E-state index contributed by atoms with van der Waals surface area (Å²) in [6.45, 7) is 0. The minimum absolute atomic E-state index is 0.0536. The van der Waals surface area contributed by atoms with Crippen molar-refractivity contribution in [2.24, 2.45) is 4.99 Å². The highest BCUT2D eigenvalue weighted by Crippen LogP contribution is 2.36. The van der Waals surface area contributed by atoms with E-state index in [2.05, 4.69) is 10.3 Å². The Morgan fingerprint density at radius 1 is 1.19 bits per heavy atom. The molecule has 0 radical (unpaired) electrons. The van der Waals surface area contributed by atoms with Crippen molar-refractivity contribution in [3.8, 4) is 5.75 Å². The Kier molecular flexibility index (Phi) is 5.48. The fraction of sp³-hybridized carbons (Fsp3) is 0.111. The maximum absolute atomic E-state index is 12.8. The summed E-state index contributed by atoms with van der Waals surface area (Å²) in [5.74, 6) is 0.291. The number of nitrogens with zero attached hydrogens (tertiary/aromatic N) is 1. The quantitative estimate of drug-likeness (QED) is 0.700. The number of methoxy groups -OCH3 is 1. The molecule has 2 aromatic rings. The normalized spacial score (nSPS) is 17.4. The lowest BCUT2D eigenvalue weighted by Crippen LogP contribution is -2.19. The summed E-state index contributed by atoms with van der Waals surface area (Å²) < 4.78 is 43.6. The van der Waals surface area contributed by atoms with Crippen LogP contribution in [0.3, 0.4) is 0 Å². The average molecular weight is 413 g/mol. The van der Waals surface area contributed by atoms with Crippen LogP contribution in [0.5, 0.6) is 5.75 Å². The molecule has 0 spiro atoms. The lowest BCUT2D eigenvalue weighted by atomic mass is 10.2. The van der Waals surface area contributed by atoms with Gasteiger partial charge in [0.15, 0.2) is 5.17 Å². The van der Waals surface area contributed by atoms with Crippen molar-refractivity contribution >= 4 is 46.2 Å². The van der Waals surface area contributed by atoms with Gasteiger partial charge in [0.2, 0.25) is 0 Å². The van der Waals surface area contributed by atoms with Crippen LogP contribution >= 0.6 is 23.4 Å². The number of amides is 1. The predicted molar refractivity (Wildman–Crippen MR) is 100 cm³/mol. The number of benzene rings is 2. The van der Waals surface area contributed by atoms with Crippen LogP contribution < -0.4 is 10.1 Å². The maximum atomic E-state index is 12.8. The zero-order valence-electron chi connectivity index (χ0n) is 13.8. The lowest BCUT2D eigenvalue weighted by Gasteiger charge is -2.08. The van der Waals surface area contributed by atoms with Crippen molar-refractivity contribution in [2.75, 3.05) is 7.11 Å². The Labute approximate surface area is 162 Å². The molecule has 27 heavy (non-hydrogen) atoms. The number of amidine groups is 1. The minimum atomic E-state index is -4.51. The summed E-state index contributed by atoms with van der Waals surface area (Å²) in [5, 5.41) is 2.73. The summed E-state index contributed by atoms with van der Waals surface area (Å²) in [5.41, 5.74) is -0.165. The van der Waals surface area contributed by atoms with Crippen molar-refractivity contribution in [3.05, 3.63) is 63.5 Å². The van der Waals surface area contributed by atoms with E-state index in [4.69, 9.17) is 16.3 Å². The number of hydrogen-bond donors (Lipinski definition) is 1. The second kappa shape index (κ2) is 7.66. The molecule has 1 amide bonds. The van der Waals surface area contributed by atoms with Gasteiger partial charge >= 0.3 is 6.18 Å². The monoisotopic (exact) mass is 412 g/mol. The van der Waals surface area contributed by atoms with E-state index in [1.807, 2.05) is 0 Å². The first kappa shape index (κ1) is 19.3. The van der Waals surface area contributed by atoms with E-state index in [1.165, 1.54) is 0 Å². The summed E-state index contributed by atoms with van der Waals surface area (Å²) >= 11 is 6.95. The molecule has 3 rings (SSSR count). The highest BCUT2D eigenvalue weighted by molar-refractivity contribution is 8.18. The van der Waals surface area contributed by atoms with E-state index in [0.717, 1.165) is 35.5 Å². The molecule has 140 valence electrons. The molecule has 1 fully saturated rings. The first-order valence-electron chi connectivity index (χ1n) is 7.56. The molecule has 0 saturated carbocycles. The van der Waals surface area contributed by atoms with Crippen molar-refractivity contribution in [3.63, 3.8) is 0 Å². The number of nitrogens with one attached hydrogen (secondary N) is 1. The summed E-state index contributed by atoms with van der Waals surface area (Å²) in [4.78, 5) is 16.5. The van der Waals surface area contributed by atoms with Crippen LogP contribution in [0, 0.1) is 0 Å².